The van der Waals surface area contributed by atoms with Gasteiger partial charge in [-0.05, 0) is 39.0 Å². The molecule has 1 aromatic rings. The zero-order chi connectivity index (χ0) is 11.6. The van der Waals surface area contributed by atoms with Crippen molar-refractivity contribution in [1.29, 1.82) is 5.41 Å². The normalized spacial score (nSPS) is 11.2. The van der Waals surface area contributed by atoms with Gasteiger partial charge in [0.2, 0.25) is 0 Å². The summed E-state index contributed by atoms with van der Waals surface area (Å²) in [6.45, 7) is 6.21. The summed E-state index contributed by atoms with van der Waals surface area (Å²) in [6, 6.07) is 5.70. The summed E-state index contributed by atoms with van der Waals surface area (Å²) in [5.41, 5.74) is 7.09. The van der Waals surface area contributed by atoms with Crippen LogP contribution in [0, 0.1) is 5.41 Å². The van der Waals surface area contributed by atoms with Gasteiger partial charge in [0.25, 0.3) is 0 Å². The number of nitrogens with one attached hydrogen (secondary N) is 2. The third kappa shape index (κ3) is 3.55. The Bertz CT molecular complexity index is 380. The Morgan fingerprint density at radius 3 is 2.47 bits per heavy atom. The van der Waals surface area contributed by atoms with Gasteiger partial charge in [-0.25, -0.2) is 0 Å². The molecular weight excluding hydrogens is 254 g/mol. The Balaban J connectivity index is 3.12. The number of halogens is 1. The Morgan fingerprint density at radius 1 is 1.40 bits per heavy atom. The smallest absolute Gasteiger partial charge is 0.124 e. The van der Waals surface area contributed by atoms with E-state index < -0.39 is 0 Å². The van der Waals surface area contributed by atoms with Crippen LogP contribution in [0.15, 0.2) is 22.7 Å². The van der Waals surface area contributed by atoms with Crippen molar-refractivity contribution in [1.82, 2.24) is 0 Å². The van der Waals surface area contributed by atoms with Crippen LogP contribution in [0.4, 0.5) is 5.69 Å². The zero-order valence-corrected chi connectivity index (χ0v) is 10.8. The summed E-state index contributed by atoms with van der Waals surface area (Å²) in [5, 5.41) is 10.8. The third-order valence-electron chi connectivity index (χ3n) is 1.78. The molecule has 0 fully saturated rings. The molecule has 3 nitrogen and oxygen atoms in total. The highest BCUT2D eigenvalue weighted by molar-refractivity contribution is 9.10. The summed E-state index contributed by atoms with van der Waals surface area (Å²) in [6.07, 6.45) is 0. The van der Waals surface area contributed by atoms with Gasteiger partial charge in [0, 0.05) is 21.3 Å². The predicted molar refractivity (Wildman–Crippen MR) is 68.5 cm³/mol. The molecule has 1 aromatic carbocycles. The van der Waals surface area contributed by atoms with Gasteiger partial charge < -0.3 is 11.1 Å². The van der Waals surface area contributed by atoms with Gasteiger partial charge in [-0.15, -0.1) is 0 Å². The second-order valence-corrected chi connectivity index (χ2v) is 5.39. The van der Waals surface area contributed by atoms with E-state index in [9.17, 15) is 0 Å². The third-order valence-corrected chi connectivity index (χ3v) is 2.27. The maximum Gasteiger partial charge on any atom is 0.124 e. The second kappa shape index (κ2) is 4.23. The van der Waals surface area contributed by atoms with Crippen LogP contribution in [0.3, 0.4) is 0 Å². The van der Waals surface area contributed by atoms with E-state index in [4.69, 9.17) is 11.1 Å². The molecule has 0 saturated heterocycles. The number of benzene rings is 1. The molecule has 0 aliphatic heterocycles. The van der Waals surface area contributed by atoms with Crippen molar-refractivity contribution in [2.45, 2.75) is 26.3 Å². The van der Waals surface area contributed by atoms with Crippen LogP contribution in [0.1, 0.15) is 26.3 Å². The average Bonchev–Trinajstić information content (AvgIpc) is 2.05. The molecule has 0 heterocycles. The fourth-order valence-electron chi connectivity index (χ4n) is 1.25. The lowest BCUT2D eigenvalue weighted by Gasteiger charge is -2.24. The second-order valence-electron chi connectivity index (χ2n) is 4.48. The van der Waals surface area contributed by atoms with Crippen LogP contribution in [0.5, 0.6) is 0 Å². The van der Waals surface area contributed by atoms with Crippen molar-refractivity contribution in [3.8, 4) is 0 Å². The van der Waals surface area contributed by atoms with Gasteiger partial charge in [0.05, 0.1) is 0 Å². The minimum Gasteiger partial charge on any atom is -0.384 e. The van der Waals surface area contributed by atoms with Gasteiger partial charge in [0.1, 0.15) is 5.84 Å². The van der Waals surface area contributed by atoms with E-state index in [0.29, 0.717) is 0 Å². The molecule has 0 aliphatic rings. The van der Waals surface area contributed by atoms with Crippen LogP contribution in [0.25, 0.3) is 0 Å². The lowest BCUT2D eigenvalue weighted by molar-refractivity contribution is 0.634. The fraction of sp³-hybridized carbons (Fsp3) is 0.364. The van der Waals surface area contributed by atoms with E-state index in [1.54, 1.807) is 0 Å². The van der Waals surface area contributed by atoms with E-state index in [0.717, 1.165) is 15.7 Å². The summed E-state index contributed by atoms with van der Waals surface area (Å²) >= 11 is 3.36. The summed E-state index contributed by atoms with van der Waals surface area (Å²) in [5.74, 6) is 0.0723. The number of nitrogen functional groups attached to an aromatic ring is 1. The highest BCUT2D eigenvalue weighted by Gasteiger charge is 2.13. The van der Waals surface area contributed by atoms with Crippen molar-refractivity contribution in [3.63, 3.8) is 0 Å². The molecule has 82 valence electrons. The van der Waals surface area contributed by atoms with Crippen molar-refractivity contribution in [2.24, 2.45) is 5.73 Å². The van der Waals surface area contributed by atoms with E-state index in [2.05, 4.69) is 42.0 Å². The molecule has 0 aromatic heterocycles. The summed E-state index contributed by atoms with van der Waals surface area (Å²) in [7, 11) is 0. The van der Waals surface area contributed by atoms with Crippen LogP contribution < -0.4 is 11.1 Å². The first-order valence-electron chi connectivity index (χ1n) is 4.72. The van der Waals surface area contributed by atoms with E-state index in [1.807, 2.05) is 18.2 Å². The molecule has 4 heteroatoms. The van der Waals surface area contributed by atoms with Crippen LogP contribution in [0.2, 0.25) is 0 Å². The number of nitrogens with two attached hydrogens (primary N) is 1. The number of rotatable bonds is 2. The average molecular weight is 270 g/mol. The minimum absolute atomic E-state index is 0.0436. The molecule has 0 bridgehead atoms. The molecule has 0 radical (unpaired) electrons. The van der Waals surface area contributed by atoms with Crippen molar-refractivity contribution < 1.29 is 0 Å². The maximum absolute atomic E-state index is 7.50. The van der Waals surface area contributed by atoms with Crippen LogP contribution in [-0.4, -0.2) is 11.4 Å². The Hall–Kier alpha value is -1.03. The SMILES string of the molecule is CC(C)(C)Nc1ccc(Br)cc1C(=N)N. The summed E-state index contributed by atoms with van der Waals surface area (Å²) < 4.78 is 0.923. The molecule has 0 saturated carbocycles. The van der Waals surface area contributed by atoms with E-state index in [1.165, 1.54) is 0 Å². The van der Waals surface area contributed by atoms with Crippen LogP contribution >= 0.6 is 15.9 Å². The molecule has 0 aliphatic carbocycles. The standard InChI is InChI=1S/C11H16BrN3/c1-11(2,3)15-9-5-4-7(12)6-8(9)10(13)14/h4-6,15H,1-3H3,(H3,13,14). The number of hydrogen-bond donors (Lipinski definition) is 3. The van der Waals surface area contributed by atoms with Crippen molar-refractivity contribution in [3.05, 3.63) is 28.2 Å². The lowest BCUT2D eigenvalue weighted by atomic mass is 10.1. The fourth-order valence-corrected chi connectivity index (χ4v) is 1.61. The molecule has 0 unspecified atom stereocenters. The van der Waals surface area contributed by atoms with Gasteiger partial charge >= 0.3 is 0 Å². The van der Waals surface area contributed by atoms with E-state index >= 15 is 0 Å². The first kappa shape index (κ1) is 12.0. The van der Waals surface area contributed by atoms with Gasteiger partial charge in [0.15, 0.2) is 0 Å². The number of amidine groups is 1. The molecule has 0 spiro atoms. The minimum atomic E-state index is -0.0436. The predicted octanol–water partition coefficient (Wildman–Crippen LogP) is 2.94. The van der Waals surface area contributed by atoms with Gasteiger partial charge in [-0.3, -0.25) is 5.41 Å². The number of anilines is 1. The van der Waals surface area contributed by atoms with E-state index in [-0.39, 0.29) is 11.4 Å². The number of hydrogen-bond acceptors (Lipinski definition) is 2. The van der Waals surface area contributed by atoms with Crippen LogP contribution in [-0.2, 0) is 0 Å². The topological polar surface area (TPSA) is 61.9 Å². The zero-order valence-electron chi connectivity index (χ0n) is 9.19. The molecule has 0 amide bonds. The highest BCUT2D eigenvalue weighted by atomic mass is 79.9. The molecule has 15 heavy (non-hydrogen) atoms. The van der Waals surface area contributed by atoms with Crippen molar-refractivity contribution >= 4 is 27.5 Å². The highest BCUT2D eigenvalue weighted by Crippen LogP contribution is 2.23. The maximum atomic E-state index is 7.50. The largest absolute Gasteiger partial charge is 0.384 e. The Labute approximate surface area is 98.7 Å². The monoisotopic (exact) mass is 269 g/mol. The summed E-state index contributed by atoms with van der Waals surface area (Å²) in [4.78, 5) is 0. The quantitative estimate of drug-likeness (QED) is 0.571. The Kier molecular flexibility index (Phi) is 3.39. The first-order valence-corrected chi connectivity index (χ1v) is 5.51. The van der Waals surface area contributed by atoms with Crippen molar-refractivity contribution in [2.75, 3.05) is 5.32 Å². The Morgan fingerprint density at radius 2 is 2.00 bits per heavy atom. The first-order chi connectivity index (χ1) is 6.79. The molecular formula is C11H16BrN3. The molecule has 1 rings (SSSR count). The molecule has 0 atom stereocenters. The van der Waals surface area contributed by atoms with Gasteiger partial charge in [-0.1, -0.05) is 15.9 Å². The lowest BCUT2D eigenvalue weighted by Crippen LogP contribution is -2.28. The molecule has 4 N–H and O–H groups in total. The van der Waals surface area contributed by atoms with Gasteiger partial charge in [-0.2, -0.15) is 0 Å².